The van der Waals surface area contributed by atoms with Gasteiger partial charge in [-0.1, -0.05) is 18.2 Å². The summed E-state index contributed by atoms with van der Waals surface area (Å²) < 4.78 is 5.26. The van der Waals surface area contributed by atoms with E-state index in [1.54, 1.807) is 6.07 Å². The zero-order valence-electron chi connectivity index (χ0n) is 12.7. The van der Waals surface area contributed by atoms with E-state index in [4.69, 9.17) is 4.74 Å². The first-order valence-electron chi connectivity index (χ1n) is 7.22. The molecule has 0 spiro atoms. The van der Waals surface area contributed by atoms with Crippen LogP contribution in [0.1, 0.15) is 38.3 Å². The van der Waals surface area contributed by atoms with Crippen LogP contribution in [0.3, 0.4) is 0 Å². The molecule has 0 saturated carbocycles. The van der Waals surface area contributed by atoms with Crippen molar-refractivity contribution in [3.05, 3.63) is 29.3 Å². The fourth-order valence-electron chi connectivity index (χ4n) is 2.53. The van der Waals surface area contributed by atoms with Gasteiger partial charge in [-0.3, -0.25) is 0 Å². The van der Waals surface area contributed by atoms with Crippen LogP contribution < -0.4 is 10.8 Å². The van der Waals surface area contributed by atoms with Crippen LogP contribution in [0.25, 0.3) is 0 Å². The van der Waals surface area contributed by atoms with Gasteiger partial charge in [-0.05, 0) is 56.6 Å². The quantitative estimate of drug-likeness (QED) is 0.703. The molecule has 0 heterocycles. The molecule has 1 aliphatic rings. The number of hydrogen-bond acceptors (Lipinski definition) is 4. The number of benzene rings is 1. The third-order valence-corrected chi connectivity index (χ3v) is 3.48. The Kier molecular flexibility index (Phi) is 4.59. The van der Waals surface area contributed by atoms with E-state index in [1.165, 1.54) is 0 Å². The monoisotopic (exact) mass is 291 g/mol. The lowest BCUT2D eigenvalue weighted by molar-refractivity contribution is 0.0500. The van der Waals surface area contributed by atoms with E-state index in [-0.39, 0.29) is 6.04 Å². The van der Waals surface area contributed by atoms with Crippen LogP contribution in [-0.4, -0.2) is 34.9 Å². The van der Waals surface area contributed by atoms with Crippen molar-refractivity contribution in [1.82, 2.24) is 5.32 Å². The summed E-state index contributed by atoms with van der Waals surface area (Å²) in [6.07, 6.45) is 1.96. The highest BCUT2D eigenvalue weighted by molar-refractivity contribution is 6.58. The standard InChI is InChI=1S/C15H22BNO4/c1-15(2,3)21-14(18)17-13-7-5-10-8-12(16(19)20)6-4-11(10)9-13/h4,6,8,13,19-20H,5,7,9H2,1-3H3,(H,17,18). The lowest BCUT2D eigenvalue weighted by Gasteiger charge is -2.27. The van der Waals surface area contributed by atoms with Crippen LogP contribution in [0.5, 0.6) is 0 Å². The van der Waals surface area contributed by atoms with Crippen molar-refractivity contribution in [3.63, 3.8) is 0 Å². The van der Waals surface area contributed by atoms with Crippen molar-refractivity contribution in [3.8, 4) is 0 Å². The summed E-state index contributed by atoms with van der Waals surface area (Å²) in [4.78, 5) is 11.8. The Balaban J connectivity index is 1.98. The predicted molar refractivity (Wildman–Crippen MR) is 81.5 cm³/mol. The SMILES string of the molecule is CC(C)(C)OC(=O)NC1CCc2cc(B(O)O)ccc2C1. The van der Waals surface area contributed by atoms with Crippen LogP contribution in [0.4, 0.5) is 4.79 Å². The van der Waals surface area contributed by atoms with Crippen molar-refractivity contribution in [2.75, 3.05) is 0 Å². The second kappa shape index (κ2) is 6.07. The molecule has 1 aromatic rings. The number of nitrogens with one attached hydrogen (secondary N) is 1. The molecule has 2 rings (SSSR count). The minimum absolute atomic E-state index is 0.0530. The fourth-order valence-corrected chi connectivity index (χ4v) is 2.53. The second-order valence-electron chi connectivity index (χ2n) is 6.49. The maximum absolute atomic E-state index is 11.8. The first kappa shape index (κ1) is 15.9. The van der Waals surface area contributed by atoms with Gasteiger partial charge < -0.3 is 20.1 Å². The molecular weight excluding hydrogens is 269 g/mol. The van der Waals surface area contributed by atoms with Gasteiger partial charge in [0.15, 0.2) is 0 Å². The molecule has 0 aliphatic heterocycles. The molecule has 6 heteroatoms. The van der Waals surface area contributed by atoms with Crippen LogP contribution >= 0.6 is 0 Å². The molecule has 1 unspecified atom stereocenters. The molecular formula is C15H22BNO4. The number of carbonyl (C=O) groups excluding carboxylic acids is 1. The van der Waals surface area contributed by atoms with Crippen molar-refractivity contribution >= 4 is 18.7 Å². The third-order valence-electron chi connectivity index (χ3n) is 3.48. The summed E-state index contributed by atoms with van der Waals surface area (Å²) in [6.45, 7) is 5.51. The summed E-state index contributed by atoms with van der Waals surface area (Å²) in [7, 11) is -1.44. The Morgan fingerprint density at radius 2 is 2.05 bits per heavy atom. The Morgan fingerprint density at radius 3 is 2.67 bits per heavy atom. The lowest BCUT2D eigenvalue weighted by atomic mass is 9.76. The largest absolute Gasteiger partial charge is 0.488 e. The van der Waals surface area contributed by atoms with Crippen LogP contribution in [-0.2, 0) is 17.6 Å². The maximum atomic E-state index is 11.8. The Bertz CT molecular complexity index is 525. The van der Waals surface area contributed by atoms with Crippen molar-refractivity contribution in [2.24, 2.45) is 0 Å². The number of carbonyl (C=O) groups is 1. The molecule has 1 aromatic carbocycles. The second-order valence-corrected chi connectivity index (χ2v) is 6.49. The average molecular weight is 291 g/mol. The molecule has 5 nitrogen and oxygen atoms in total. The fraction of sp³-hybridized carbons (Fsp3) is 0.533. The average Bonchev–Trinajstić information content (AvgIpc) is 2.35. The van der Waals surface area contributed by atoms with Crippen LogP contribution in [0.2, 0.25) is 0 Å². The number of aryl methyl sites for hydroxylation is 1. The van der Waals surface area contributed by atoms with Gasteiger partial charge in [0, 0.05) is 6.04 Å². The van der Waals surface area contributed by atoms with E-state index in [0.29, 0.717) is 5.46 Å². The number of amides is 1. The van der Waals surface area contributed by atoms with Gasteiger partial charge in [0.1, 0.15) is 5.60 Å². The highest BCUT2D eigenvalue weighted by atomic mass is 16.6. The van der Waals surface area contributed by atoms with E-state index in [1.807, 2.05) is 32.9 Å². The lowest BCUT2D eigenvalue weighted by Crippen LogP contribution is -2.42. The van der Waals surface area contributed by atoms with Crippen LogP contribution in [0, 0.1) is 0 Å². The number of alkyl carbamates (subject to hydrolysis) is 1. The zero-order valence-corrected chi connectivity index (χ0v) is 12.7. The molecule has 1 aliphatic carbocycles. The molecule has 0 fully saturated rings. The summed E-state index contributed by atoms with van der Waals surface area (Å²) in [6, 6.07) is 5.48. The molecule has 1 amide bonds. The van der Waals surface area contributed by atoms with E-state index in [0.717, 1.165) is 30.4 Å². The molecule has 21 heavy (non-hydrogen) atoms. The number of hydrogen-bond donors (Lipinski definition) is 3. The first-order valence-corrected chi connectivity index (χ1v) is 7.22. The summed E-state index contributed by atoms with van der Waals surface area (Å²) >= 11 is 0. The van der Waals surface area contributed by atoms with Gasteiger partial charge in [-0.2, -0.15) is 0 Å². The normalized spacial score (nSPS) is 17.9. The molecule has 0 bridgehead atoms. The van der Waals surface area contributed by atoms with Gasteiger partial charge in [0.05, 0.1) is 0 Å². The minimum atomic E-state index is -1.44. The van der Waals surface area contributed by atoms with Crippen molar-refractivity contribution in [2.45, 2.75) is 51.7 Å². The Hall–Kier alpha value is -1.53. The molecule has 114 valence electrons. The number of fused-ring (bicyclic) bond motifs is 1. The van der Waals surface area contributed by atoms with Gasteiger partial charge >= 0.3 is 13.2 Å². The summed E-state index contributed by atoms with van der Waals surface area (Å²) in [5.41, 5.74) is 2.25. The zero-order chi connectivity index (χ0) is 15.6. The summed E-state index contributed by atoms with van der Waals surface area (Å²) in [5, 5.41) is 21.3. The highest BCUT2D eigenvalue weighted by Crippen LogP contribution is 2.21. The Morgan fingerprint density at radius 1 is 1.33 bits per heavy atom. The van der Waals surface area contributed by atoms with Crippen molar-refractivity contribution in [1.29, 1.82) is 0 Å². The van der Waals surface area contributed by atoms with Crippen molar-refractivity contribution < 1.29 is 19.6 Å². The number of rotatable bonds is 2. The van der Waals surface area contributed by atoms with Gasteiger partial charge in [0.25, 0.3) is 0 Å². The third kappa shape index (κ3) is 4.47. The van der Waals surface area contributed by atoms with E-state index in [2.05, 4.69) is 5.32 Å². The van der Waals surface area contributed by atoms with Gasteiger partial charge in [0.2, 0.25) is 0 Å². The maximum Gasteiger partial charge on any atom is 0.488 e. The topological polar surface area (TPSA) is 78.8 Å². The van der Waals surface area contributed by atoms with Gasteiger partial charge in [-0.15, -0.1) is 0 Å². The molecule has 1 atom stereocenters. The molecule has 3 N–H and O–H groups in total. The molecule has 0 saturated heterocycles. The predicted octanol–water partition coefficient (Wildman–Crippen LogP) is 0.748. The number of ether oxygens (including phenoxy) is 1. The Labute approximate surface area is 125 Å². The molecule has 0 aromatic heterocycles. The van der Waals surface area contributed by atoms with E-state index in [9.17, 15) is 14.8 Å². The van der Waals surface area contributed by atoms with E-state index < -0.39 is 18.8 Å². The smallest absolute Gasteiger partial charge is 0.444 e. The highest BCUT2D eigenvalue weighted by Gasteiger charge is 2.24. The van der Waals surface area contributed by atoms with E-state index >= 15 is 0 Å². The molecule has 0 radical (unpaired) electrons. The van der Waals surface area contributed by atoms with Gasteiger partial charge in [-0.25, -0.2) is 4.79 Å². The first-order chi connectivity index (χ1) is 9.74. The minimum Gasteiger partial charge on any atom is -0.444 e. The summed E-state index contributed by atoms with van der Waals surface area (Å²) in [5.74, 6) is 0. The van der Waals surface area contributed by atoms with Crippen LogP contribution in [0.15, 0.2) is 18.2 Å².